The monoisotopic (exact) mass is 533 g/mol. The Morgan fingerprint density at radius 2 is 1.87 bits per heavy atom. The van der Waals surface area contributed by atoms with Gasteiger partial charge in [0.15, 0.2) is 0 Å². The highest BCUT2D eigenvalue weighted by Crippen LogP contribution is 2.37. The predicted octanol–water partition coefficient (Wildman–Crippen LogP) is 6.94. The van der Waals surface area contributed by atoms with E-state index >= 15 is 0 Å². The Morgan fingerprint density at radius 3 is 2.48 bits per heavy atom. The number of carbonyl (C=O) groups excluding carboxylic acids is 1. The molecule has 0 aliphatic rings. The SMILES string of the molecule is Cc1cc(-n2c(C(C)C)c(I)c3cc4c(cnn4C(=O)OC(C)(C)C)cc32)ccc1F. The maximum absolute atomic E-state index is 13.9. The van der Waals surface area contributed by atoms with Crippen molar-refractivity contribution < 1.29 is 13.9 Å². The minimum absolute atomic E-state index is 0.220. The number of carbonyl (C=O) groups is 1. The molecule has 0 amide bonds. The van der Waals surface area contributed by atoms with Gasteiger partial charge in [-0.1, -0.05) is 13.8 Å². The summed E-state index contributed by atoms with van der Waals surface area (Å²) in [6.45, 7) is 11.6. The van der Waals surface area contributed by atoms with Crippen molar-refractivity contribution in [3.8, 4) is 5.69 Å². The molecule has 0 N–H and O–H groups in total. The lowest BCUT2D eigenvalue weighted by atomic mass is 10.1. The summed E-state index contributed by atoms with van der Waals surface area (Å²) >= 11 is 2.36. The quantitative estimate of drug-likeness (QED) is 0.263. The molecule has 0 spiro atoms. The van der Waals surface area contributed by atoms with Crippen LogP contribution < -0.4 is 0 Å². The molecule has 5 nitrogen and oxygen atoms in total. The molecule has 4 aromatic rings. The van der Waals surface area contributed by atoms with Crippen LogP contribution in [0.25, 0.3) is 27.5 Å². The summed E-state index contributed by atoms with van der Waals surface area (Å²) in [5.41, 5.74) is 3.74. The average Bonchev–Trinajstić information content (AvgIpc) is 3.20. The van der Waals surface area contributed by atoms with E-state index in [9.17, 15) is 9.18 Å². The Bertz CT molecular complexity index is 1330. The Morgan fingerprint density at radius 1 is 1.16 bits per heavy atom. The number of aromatic nitrogens is 3. The van der Waals surface area contributed by atoms with E-state index < -0.39 is 11.7 Å². The molecule has 0 bridgehead atoms. The zero-order valence-electron chi connectivity index (χ0n) is 18.5. The van der Waals surface area contributed by atoms with Gasteiger partial charge in [-0.2, -0.15) is 9.78 Å². The lowest BCUT2D eigenvalue weighted by Crippen LogP contribution is -2.27. The summed E-state index contributed by atoms with van der Waals surface area (Å²) < 4.78 is 24.0. The number of fused-ring (bicyclic) bond motifs is 2. The molecule has 0 saturated heterocycles. The van der Waals surface area contributed by atoms with Crippen LogP contribution >= 0.6 is 22.6 Å². The highest BCUT2D eigenvalue weighted by Gasteiger charge is 2.24. The Kier molecular flexibility index (Phi) is 5.36. The third-order valence-corrected chi connectivity index (χ3v) is 6.28. The fourth-order valence-electron chi connectivity index (χ4n) is 3.80. The van der Waals surface area contributed by atoms with Gasteiger partial charge >= 0.3 is 6.09 Å². The lowest BCUT2D eigenvalue weighted by Gasteiger charge is -2.19. The van der Waals surface area contributed by atoms with Gasteiger partial charge in [-0.3, -0.25) is 0 Å². The summed E-state index contributed by atoms with van der Waals surface area (Å²) in [5.74, 6) is 0.0251. The van der Waals surface area contributed by atoms with Crippen LogP contribution in [0.15, 0.2) is 36.5 Å². The van der Waals surface area contributed by atoms with E-state index in [1.54, 1.807) is 19.2 Å². The fourth-order valence-corrected chi connectivity index (χ4v) is 5.09. The van der Waals surface area contributed by atoms with Gasteiger partial charge in [0.2, 0.25) is 0 Å². The first-order chi connectivity index (χ1) is 14.5. The van der Waals surface area contributed by atoms with E-state index in [-0.39, 0.29) is 11.7 Å². The Hall–Kier alpha value is -2.42. The third kappa shape index (κ3) is 3.84. The summed E-state index contributed by atoms with van der Waals surface area (Å²) in [7, 11) is 0. The molecule has 0 saturated carbocycles. The molecule has 7 heteroatoms. The summed E-state index contributed by atoms with van der Waals surface area (Å²) in [5, 5.41) is 6.13. The predicted molar refractivity (Wildman–Crippen MR) is 130 cm³/mol. The molecule has 4 rings (SSSR count). The lowest BCUT2D eigenvalue weighted by molar-refractivity contribution is 0.0523. The van der Waals surface area contributed by atoms with E-state index in [0.29, 0.717) is 11.1 Å². The number of nitrogens with zero attached hydrogens (tertiary/aromatic N) is 3. The van der Waals surface area contributed by atoms with Gasteiger partial charge < -0.3 is 9.30 Å². The van der Waals surface area contributed by atoms with E-state index in [2.05, 4.69) is 46.1 Å². The summed E-state index contributed by atoms with van der Waals surface area (Å²) in [4.78, 5) is 12.7. The molecule has 0 aliphatic heterocycles. The summed E-state index contributed by atoms with van der Waals surface area (Å²) in [6, 6.07) is 9.20. The van der Waals surface area contributed by atoms with Crippen LogP contribution in [0.4, 0.5) is 9.18 Å². The first-order valence-electron chi connectivity index (χ1n) is 10.2. The molecular weight excluding hydrogens is 508 g/mol. The molecule has 0 atom stereocenters. The third-order valence-electron chi connectivity index (χ3n) is 5.14. The minimum Gasteiger partial charge on any atom is -0.442 e. The number of hydrogen-bond donors (Lipinski definition) is 0. The second-order valence-corrected chi connectivity index (χ2v) is 10.2. The van der Waals surface area contributed by atoms with E-state index in [0.717, 1.165) is 31.2 Å². The molecule has 162 valence electrons. The van der Waals surface area contributed by atoms with Crippen LogP contribution in [-0.2, 0) is 4.74 Å². The van der Waals surface area contributed by atoms with Crippen LogP contribution in [0.2, 0.25) is 0 Å². The van der Waals surface area contributed by atoms with Crippen LogP contribution in [0.1, 0.15) is 51.8 Å². The number of aryl methyl sites for hydroxylation is 1. The fraction of sp³-hybridized carbons (Fsp3) is 0.333. The van der Waals surface area contributed by atoms with E-state index in [1.165, 1.54) is 10.7 Å². The van der Waals surface area contributed by atoms with Gasteiger partial charge in [0, 0.05) is 25.7 Å². The number of rotatable bonds is 2. The number of halogens is 2. The molecule has 0 unspecified atom stereocenters. The minimum atomic E-state index is -0.609. The van der Waals surface area contributed by atoms with Crippen LogP contribution in [0, 0.1) is 16.3 Å². The van der Waals surface area contributed by atoms with E-state index in [1.807, 2.05) is 39.0 Å². The van der Waals surface area contributed by atoms with Crippen molar-refractivity contribution in [2.75, 3.05) is 0 Å². The molecule has 0 fully saturated rings. The van der Waals surface area contributed by atoms with Gasteiger partial charge in [-0.25, -0.2) is 9.18 Å². The van der Waals surface area contributed by atoms with Crippen molar-refractivity contribution in [1.82, 2.24) is 14.3 Å². The first kappa shape index (κ1) is 21.8. The topological polar surface area (TPSA) is 49.0 Å². The largest absolute Gasteiger partial charge is 0.442 e. The smallest absolute Gasteiger partial charge is 0.435 e. The van der Waals surface area contributed by atoms with Gasteiger partial charge in [0.1, 0.15) is 11.4 Å². The average molecular weight is 533 g/mol. The molecule has 31 heavy (non-hydrogen) atoms. The number of hydrogen-bond acceptors (Lipinski definition) is 3. The zero-order chi connectivity index (χ0) is 22.7. The maximum Gasteiger partial charge on any atom is 0.435 e. The standard InChI is InChI=1S/C24H25FIN3O2/c1-13(2)22-21(26)17-11-19-15(12-27-29(19)23(30)31-24(4,5)6)10-20(17)28(22)16-7-8-18(25)14(3)9-16/h7-13H,1-6H3. The van der Waals surface area contributed by atoms with Crippen molar-refractivity contribution in [1.29, 1.82) is 0 Å². The van der Waals surface area contributed by atoms with Crippen LogP contribution in [0.5, 0.6) is 0 Å². The van der Waals surface area contributed by atoms with Crippen molar-refractivity contribution in [3.63, 3.8) is 0 Å². The normalized spacial score (nSPS) is 12.3. The van der Waals surface area contributed by atoms with Crippen LogP contribution in [0.3, 0.4) is 0 Å². The van der Waals surface area contributed by atoms with E-state index in [4.69, 9.17) is 4.74 Å². The second kappa shape index (κ2) is 7.62. The van der Waals surface area contributed by atoms with Gasteiger partial charge in [-0.05, 0) is 92.1 Å². The number of ether oxygens (including phenoxy) is 1. The molecule has 2 aromatic heterocycles. The molecule has 0 aliphatic carbocycles. The van der Waals surface area contributed by atoms with Crippen molar-refractivity contribution >= 4 is 50.5 Å². The van der Waals surface area contributed by atoms with Crippen molar-refractivity contribution in [2.45, 2.75) is 53.1 Å². The van der Waals surface area contributed by atoms with Gasteiger partial charge in [0.05, 0.1) is 17.2 Å². The first-order valence-corrected chi connectivity index (χ1v) is 11.3. The zero-order valence-corrected chi connectivity index (χ0v) is 20.6. The maximum atomic E-state index is 13.9. The van der Waals surface area contributed by atoms with Crippen LogP contribution in [-0.4, -0.2) is 26.0 Å². The molecular formula is C24H25FIN3O2. The van der Waals surface area contributed by atoms with Gasteiger partial charge in [-0.15, -0.1) is 0 Å². The molecule has 2 heterocycles. The number of benzene rings is 2. The Labute approximate surface area is 194 Å². The van der Waals surface area contributed by atoms with Crippen molar-refractivity contribution in [2.24, 2.45) is 0 Å². The van der Waals surface area contributed by atoms with Crippen molar-refractivity contribution in [3.05, 3.63) is 57.2 Å². The van der Waals surface area contributed by atoms with Gasteiger partial charge in [0.25, 0.3) is 0 Å². The summed E-state index contributed by atoms with van der Waals surface area (Å²) in [6.07, 6.45) is 1.17. The Balaban J connectivity index is 1.99. The molecule has 2 aromatic carbocycles. The molecule has 0 radical (unpaired) electrons. The highest BCUT2D eigenvalue weighted by molar-refractivity contribution is 14.1. The highest BCUT2D eigenvalue weighted by atomic mass is 127. The second-order valence-electron chi connectivity index (χ2n) is 9.09.